The average molecular weight is 244 g/mol. The molecule has 0 N–H and O–H groups in total. The SMILES string of the molecule is C#C[C@]1(C)CCc2c(C)c(OC)c(C)c(C)c2O1. The van der Waals surface area contributed by atoms with Crippen LogP contribution in [-0.4, -0.2) is 12.7 Å². The molecule has 1 aliphatic heterocycles. The van der Waals surface area contributed by atoms with Crippen molar-refractivity contribution < 1.29 is 9.47 Å². The van der Waals surface area contributed by atoms with E-state index in [1.165, 1.54) is 11.1 Å². The predicted molar refractivity (Wildman–Crippen MR) is 73.4 cm³/mol. The topological polar surface area (TPSA) is 18.5 Å². The Morgan fingerprint density at radius 3 is 2.44 bits per heavy atom. The Hall–Kier alpha value is -1.62. The van der Waals surface area contributed by atoms with Crippen molar-refractivity contribution in [3.8, 4) is 23.8 Å². The van der Waals surface area contributed by atoms with Gasteiger partial charge >= 0.3 is 0 Å². The molecule has 0 fully saturated rings. The van der Waals surface area contributed by atoms with Gasteiger partial charge in [-0.1, -0.05) is 5.92 Å². The third-order valence-corrected chi connectivity index (χ3v) is 4.00. The van der Waals surface area contributed by atoms with Crippen LogP contribution in [0, 0.1) is 33.1 Å². The van der Waals surface area contributed by atoms with Crippen molar-refractivity contribution in [3.63, 3.8) is 0 Å². The molecule has 0 radical (unpaired) electrons. The number of hydrogen-bond donors (Lipinski definition) is 0. The average Bonchev–Trinajstić information content (AvgIpc) is 2.37. The standard InChI is InChI=1S/C16H20O2/c1-7-16(5)9-8-13-12(4)14(17-6)10(2)11(3)15(13)18-16/h1H,8-9H2,2-6H3/t16-/m1/s1. The van der Waals surface area contributed by atoms with Gasteiger partial charge in [0.15, 0.2) is 5.60 Å². The second-order valence-electron chi connectivity index (χ2n) is 5.19. The van der Waals surface area contributed by atoms with Gasteiger partial charge in [-0.05, 0) is 50.8 Å². The maximum Gasteiger partial charge on any atom is 0.166 e. The largest absolute Gasteiger partial charge is 0.496 e. The molecule has 0 amide bonds. The first kappa shape index (κ1) is 12.8. The first-order valence-electron chi connectivity index (χ1n) is 6.27. The Balaban J connectivity index is 2.64. The van der Waals surface area contributed by atoms with Gasteiger partial charge in [0.1, 0.15) is 11.5 Å². The van der Waals surface area contributed by atoms with Crippen LogP contribution in [0.3, 0.4) is 0 Å². The van der Waals surface area contributed by atoms with Crippen molar-refractivity contribution in [1.82, 2.24) is 0 Å². The highest BCUT2D eigenvalue weighted by Gasteiger charge is 2.32. The van der Waals surface area contributed by atoms with Crippen LogP contribution in [0.2, 0.25) is 0 Å². The van der Waals surface area contributed by atoms with Crippen molar-refractivity contribution in [1.29, 1.82) is 0 Å². The lowest BCUT2D eigenvalue weighted by molar-refractivity contribution is 0.122. The highest BCUT2D eigenvalue weighted by atomic mass is 16.5. The summed E-state index contributed by atoms with van der Waals surface area (Å²) in [7, 11) is 1.72. The molecule has 2 heteroatoms. The fourth-order valence-corrected chi connectivity index (χ4v) is 2.64. The van der Waals surface area contributed by atoms with Gasteiger partial charge in [0.25, 0.3) is 0 Å². The van der Waals surface area contributed by atoms with E-state index in [1.54, 1.807) is 7.11 Å². The van der Waals surface area contributed by atoms with Crippen LogP contribution in [0.1, 0.15) is 35.6 Å². The summed E-state index contributed by atoms with van der Waals surface area (Å²) >= 11 is 0. The van der Waals surface area contributed by atoms with Gasteiger partial charge in [-0.2, -0.15) is 0 Å². The second kappa shape index (κ2) is 4.24. The highest BCUT2D eigenvalue weighted by Crippen LogP contribution is 2.43. The van der Waals surface area contributed by atoms with E-state index in [0.717, 1.165) is 35.5 Å². The van der Waals surface area contributed by atoms with Crippen LogP contribution in [0.4, 0.5) is 0 Å². The van der Waals surface area contributed by atoms with Crippen molar-refractivity contribution in [2.24, 2.45) is 0 Å². The Morgan fingerprint density at radius 1 is 1.22 bits per heavy atom. The predicted octanol–water partition coefficient (Wildman–Crippen LogP) is 3.34. The summed E-state index contributed by atoms with van der Waals surface area (Å²) in [6, 6.07) is 0. The molecule has 1 aliphatic rings. The fourth-order valence-electron chi connectivity index (χ4n) is 2.64. The summed E-state index contributed by atoms with van der Waals surface area (Å²) in [6.07, 6.45) is 7.37. The zero-order valence-corrected chi connectivity index (χ0v) is 11.8. The highest BCUT2D eigenvalue weighted by molar-refractivity contribution is 5.59. The molecule has 1 aromatic rings. The van der Waals surface area contributed by atoms with E-state index < -0.39 is 5.60 Å². The molecular formula is C16H20O2. The van der Waals surface area contributed by atoms with Gasteiger partial charge < -0.3 is 9.47 Å². The van der Waals surface area contributed by atoms with Gasteiger partial charge in [-0.25, -0.2) is 0 Å². The number of terminal acetylenes is 1. The molecule has 0 saturated heterocycles. The van der Waals surface area contributed by atoms with Crippen LogP contribution >= 0.6 is 0 Å². The van der Waals surface area contributed by atoms with Crippen molar-refractivity contribution in [2.75, 3.05) is 7.11 Å². The first-order chi connectivity index (χ1) is 8.43. The van der Waals surface area contributed by atoms with Gasteiger partial charge in [0, 0.05) is 12.0 Å². The van der Waals surface area contributed by atoms with Gasteiger partial charge in [-0.3, -0.25) is 0 Å². The number of ether oxygens (including phenoxy) is 2. The number of methoxy groups -OCH3 is 1. The maximum absolute atomic E-state index is 6.07. The monoisotopic (exact) mass is 244 g/mol. The Bertz CT molecular complexity index is 537. The van der Waals surface area contributed by atoms with Crippen molar-refractivity contribution in [2.45, 2.75) is 46.1 Å². The Labute approximate surface area is 109 Å². The van der Waals surface area contributed by atoms with Crippen LogP contribution in [0.5, 0.6) is 11.5 Å². The summed E-state index contributed by atoms with van der Waals surface area (Å²) in [5.74, 6) is 4.69. The fraction of sp³-hybridized carbons (Fsp3) is 0.500. The molecular weight excluding hydrogens is 224 g/mol. The molecule has 96 valence electrons. The molecule has 0 unspecified atom stereocenters. The molecule has 1 aromatic carbocycles. The minimum absolute atomic E-state index is 0.481. The Morgan fingerprint density at radius 2 is 1.89 bits per heavy atom. The number of rotatable bonds is 1. The zero-order valence-electron chi connectivity index (χ0n) is 11.8. The molecule has 0 spiro atoms. The number of fused-ring (bicyclic) bond motifs is 1. The van der Waals surface area contributed by atoms with Crippen molar-refractivity contribution >= 4 is 0 Å². The zero-order chi connectivity index (χ0) is 13.5. The van der Waals surface area contributed by atoms with E-state index in [4.69, 9.17) is 15.9 Å². The first-order valence-corrected chi connectivity index (χ1v) is 6.27. The molecule has 1 heterocycles. The van der Waals surface area contributed by atoms with E-state index >= 15 is 0 Å². The van der Waals surface area contributed by atoms with Gasteiger partial charge in [-0.15, -0.1) is 6.42 Å². The van der Waals surface area contributed by atoms with Crippen LogP contribution in [0.15, 0.2) is 0 Å². The smallest absolute Gasteiger partial charge is 0.166 e. The number of benzene rings is 1. The number of hydrogen-bond acceptors (Lipinski definition) is 2. The molecule has 2 nitrogen and oxygen atoms in total. The van der Waals surface area contributed by atoms with E-state index in [0.29, 0.717) is 0 Å². The molecule has 0 aliphatic carbocycles. The summed E-state index contributed by atoms with van der Waals surface area (Å²) < 4.78 is 11.6. The molecule has 0 saturated carbocycles. The van der Waals surface area contributed by atoms with E-state index in [1.807, 2.05) is 6.92 Å². The Kier molecular flexibility index (Phi) is 3.02. The molecule has 0 bridgehead atoms. The lowest BCUT2D eigenvalue weighted by Gasteiger charge is -2.34. The summed E-state index contributed by atoms with van der Waals surface area (Å²) in [4.78, 5) is 0. The van der Waals surface area contributed by atoms with E-state index in [2.05, 4.69) is 26.7 Å². The van der Waals surface area contributed by atoms with Crippen LogP contribution in [0.25, 0.3) is 0 Å². The van der Waals surface area contributed by atoms with E-state index in [-0.39, 0.29) is 0 Å². The van der Waals surface area contributed by atoms with Gasteiger partial charge in [0.05, 0.1) is 7.11 Å². The van der Waals surface area contributed by atoms with E-state index in [9.17, 15) is 0 Å². The quantitative estimate of drug-likeness (QED) is 0.705. The molecule has 0 aromatic heterocycles. The van der Waals surface area contributed by atoms with Crippen molar-refractivity contribution in [3.05, 3.63) is 22.3 Å². The molecule has 1 atom stereocenters. The van der Waals surface area contributed by atoms with Crippen LogP contribution < -0.4 is 9.47 Å². The minimum Gasteiger partial charge on any atom is -0.496 e. The minimum atomic E-state index is -0.481. The van der Waals surface area contributed by atoms with Crippen LogP contribution in [-0.2, 0) is 6.42 Å². The summed E-state index contributed by atoms with van der Waals surface area (Å²) in [5, 5.41) is 0. The third-order valence-electron chi connectivity index (χ3n) is 4.00. The normalized spacial score (nSPS) is 21.8. The molecule has 18 heavy (non-hydrogen) atoms. The second-order valence-corrected chi connectivity index (χ2v) is 5.19. The maximum atomic E-state index is 6.07. The summed E-state index contributed by atoms with van der Waals surface area (Å²) in [5.41, 5.74) is 4.20. The third kappa shape index (κ3) is 1.75. The van der Waals surface area contributed by atoms with Gasteiger partial charge in [0.2, 0.25) is 0 Å². The summed E-state index contributed by atoms with van der Waals surface area (Å²) in [6.45, 7) is 8.20. The lowest BCUT2D eigenvalue weighted by atomic mass is 9.87. The molecule has 2 rings (SSSR count). The lowest BCUT2D eigenvalue weighted by Crippen LogP contribution is -2.35.